The molecule has 0 saturated heterocycles. The third kappa shape index (κ3) is 4.29. The number of nitrogens with zero attached hydrogens (tertiary/aromatic N) is 4. The van der Waals surface area contributed by atoms with Crippen molar-refractivity contribution in [2.75, 3.05) is 23.3 Å². The Bertz CT molecular complexity index is 561. The van der Waals surface area contributed by atoms with E-state index in [1.165, 1.54) is 0 Å². The van der Waals surface area contributed by atoms with E-state index in [0.717, 1.165) is 31.0 Å². The lowest BCUT2D eigenvalue weighted by molar-refractivity contribution is 0.790. The maximum Gasteiger partial charge on any atom is 0.224 e. The Morgan fingerprint density at radius 2 is 2.10 bits per heavy atom. The van der Waals surface area contributed by atoms with E-state index in [0.29, 0.717) is 17.5 Å². The fraction of sp³-hybridized carbons (Fsp3) is 0.400. The molecule has 112 valence electrons. The molecular weight excluding hydrogens is 286 g/mol. The Morgan fingerprint density at radius 3 is 2.76 bits per heavy atom. The molecule has 0 aliphatic rings. The Morgan fingerprint density at radius 1 is 1.24 bits per heavy atom. The van der Waals surface area contributed by atoms with Crippen LogP contribution >= 0.6 is 11.6 Å². The van der Waals surface area contributed by atoms with Gasteiger partial charge in [0.2, 0.25) is 5.95 Å². The molecule has 1 N–H and O–H groups in total. The molecule has 2 aromatic heterocycles. The van der Waals surface area contributed by atoms with Crippen molar-refractivity contribution in [2.24, 2.45) is 0 Å². The van der Waals surface area contributed by atoms with Gasteiger partial charge in [0.15, 0.2) is 5.82 Å². The van der Waals surface area contributed by atoms with Crippen LogP contribution in [0.25, 0.3) is 0 Å². The molecule has 0 atom stereocenters. The molecule has 5 nitrogen and oxygen atoms in total. The van der Waals surface area contributed by atoms with Crippen molar-refractivity contribution >= 4 is 23.4 Å². The Kier molecular flexibility index (Phi) is 5.75. The Hall–Kier alpha value is -1.88. The molecule has 0 spiro atoms. The molecule has 0 saturated carbocycles. The minimum Gasteiger partial charge on any atom is -0.354 e. The van der Waals surface area contributed by atoms with E-state index < -0.39 is 0 Å². The van der Waals surface area contributed by atoms with Gasteiger partial charge in [-0.15, -0.1) is 0 Å². The van der Waals surface area contributed by atoms with Gasteiger partial charge in [-0.25, -0.2) is 4.98 Å². The molecule has 0 unspecified atom stereocenters. The van der Waals surface area contributed by atoms with Gasteiger partial charge in [-0.05, 0) is 25.5 Å². The van der Waals surface area contributed by atoms with Crippen molar-refractivity contribution in [2.45, 2.75) is 26.8 Å². The number of halogens is 1. The highest BCUT2D eigenvalue weighted by atomic mass is 35.5. The van der Waals surface area contributed by atoms with E-state index in [1.54, 1.807) is 12.4 Å². The van der Waals surface area contributed by atoms with Crippen LogP contribution in [-0.2, 0) is 6.54 Å². The fourth-order valence-corrected chi connectivity index (χ4v) is 2.14. The number of anilines is 2. The largest absolute Gasteiger partial charge is 0.354 e. The highest BCUT2D eigenvalue weighted by Gasteiger charge is 2.13. The third-order valence-corrected chi connectivity index (χ3v) is 3.29. The van der Waals surface area contributed by atoms with Gasteiger partial charge in [-0.3, -0.25) is 4.98 Å². The first-order valence-corrected chi connectivity index (χ1v) is 7.53. The summed E-state index contributed by atoms with van der Waals surface area (Å²) in [5, 5.41) is 3.73. The van der Waals surface area contributed by atoms with Crippen molar-refractivity contribution in [3.05, 3.63) is 41.3 Å². The molecule has 0 amide bonds. The summed E-state index contributed by atoms with van der Waals surface area (Å²) < 4.78 is 0. The zero-order valence-electron chi connectivity index (χ0n) is 12.4. The van der Waals surface area contributed by atoms with Crippen molar-refractivity contribution in [3.8, 4) is 0 Å². The highest BCUT2D eigenvalue weighted by molar-refractivity contribution is 6.32. The first kappa shape index (κ1) is 15.5. The predicted octanol–water partition coefficient (Wildman–Crippen LogP) is 3.37. The molecule has 0 aliphatic heterocycles. The van der Waals surface area contributed by atoms with Crippen molar-refractivity contribution in [1.29, 1.82) is 0 Å². The number of hydrogen-bond donors (Lipinski definition) is 1. The molecule has 0 aromatic carbocycles. The van der Waals surface area contributed by atoms with E-state index >= 15 is 0 Å². The lowest BCUT2D eigenvalue weighted by atomic mass is 10.3. The SMILES string of the molecule is CCCNc1ncc(Cl)c(N(CC)Cc2ccccn2)n1. The molecule has 0 radical (unpaired) electrons. The number of hydrogen-bond acceptors (Lipinski definition) is 5. The second-order valence-corrected chi connectivity index (χ2v) is 5.03. The van der Waals surface area contributed by atoms with Gasteiger partial charge < -0.3 is 10.2 Å². The van der Waals surface area contributed by atoms with Crippen LogP contribution in [0.5, 0.6) is 0 Å². The molecule has 2 rings (SSSR count). The molecule has 0 bridgehead atoms. The topological polar surface area (TPSA) is 53.9 Å². The summed E-state index contributed by atoms with van der Waals surface area (Å²) >= 11 is 6.26. The van der Waals surface area contributed by atoms with Gasteiger partial charge in [0.05, 0.1) is 18.4 Å². The fourth-order valence-electron chi connectivity index (χ4n) is 1.93. The Balaban J connectivity index is 2.20. The standard InChI is InChI=1S/C15H20ClN5/c1-3-8-18-15-19-10-13(16)14(20-15)21(4-2)11-12-7-5-6-9-17-12/h5-7,9-10H,3-4,8,11H2,1-2H3,(H,18,19,20). The Labute approximate surface area is 130 Å². The van der Waals surface area contributed by atoms with E-state index in [9.17, 15) is 0 Å². The predicted molar refractivity (Wildman–Crippen MR) is 86.8 cm³/mol. The van der Waals surface area contributed by atoms with Crippen LogP contribution in [0.2, 0.25) is 5.02 Å². The van der Waals surface area contributed by atoms with Gasteiger partial charge >= 0.3 is 0 Å². The summed E-state index contributed by atoms with van der Waals surface area (Å²) in [6.45, 7) is 6.47. The van der Waals surface area contributed by atoms with Crippen LogP contribution in [0.4, 0.5) is 11.8 Å². The van der Waals surface area contributed by atoms with Crippen molar-refractivity contribution in [3.63, 3.8) is 0 Å². The van der Waals surface area contributed by atoms with Gasteiger partial charge in [-0.2, -0.15) is 4.98 Å². The minimum absolute atomic E-state index is 0.551. The monoisotopic (exact) mass is 305 g/mol. The average molecular weight is 306 g/mol. The number of pyridine rings is 1. The smallest absolute Gasteiger partial charge is 0.224 e. The summed E-state index contributed by atoms with van der Waals surface area (Å²) in [6, 6.07) is 5.88. The second kappa shape index (κ2) is 7.78. The molecule has 6 heteroatoms. The average Bonchev–Trinajstić information content (AvgIpc) is 2.53. The molecule has 2 aromatic rings. The summed E-state index contributed by atoms with van der Waals surface area (Å²) in [5.41, 5.74) is 0.983. The minimum atomic E-state index is 0.551. The number of nitrogens with one attached hydrogen (secondary N) is 1. The molecule has 0 fully saturated rings. The summed E-state index contributed by atoms with van der Waals surface area (Å²) in [7, 11) is 0. The molecule has 2 heterocycles. The van der Waals surface area contributed by atoms with Crippen LogP contribution in [0.15, 0.2) is 30.6 Å². The van der Waals surface area contributed by atoms with Crippen LogP contribution in [-0.4, -0.2) is 28.0 Å². The number of rotatable bonds is 7. The summed E-state index contributed by atoms with van der Waals surface area (Å²) in [5.74, 6) is 1.34. The first-order chi connectivity index (χ1) is 10.2. The third-order valence-electron chi connectivity index (χ3n) is 3.02. The normalized spacial score (nSPS) is 10.4. The zero-order chi connectivity index (χ0) is 15.1. The maximum atomic E-state index is 6.26. The van der Waals surface area contributed by atoms with Crippen molar-refractivity contribution in [1.82, 2.24) is 15.0 Å². The van der Waals surface area contributed by atoms with Gasteiger partial charge in [0.25, 0.3) is 0 Å². The van der Waals surface area contributed by atoms with Gasteiger partial charge in [0.1, 0.15) is 5.02 Å². The lowest BCUT2D eigenvalue weighted by Gasteiger charge is -2.22. The second-order valence-electron chi connectivity index (χ2n) is 4.63. The van der Waals surface area contributed by atoms with E-state index in [1.807, 2.05) is 18.2 Å². The van der Waals surface area contributed by atoms with Crippen molar-refractivity contribution < 1.29 is 0 Å². The number of aromatic nitrogens is 3. The van der Waals surface area contributed by atoms with E-state index in [2.05, 4.69) is 39.0 Å². The first-order valence-electron chi connectivity index (χ1n) is 7.15. The maximum absolute atomic E-state index is 6.26. The summed E-state index contributed by atoms with van der Waals surface area (Å²) in [4.78, 5) is 15.2. The van der Waals surface area contributed by atoms with E-state index in [4.69, 9.17) is 11.6 Å². The molecule has 0 aliphatic carbocycles. The van der Waals surface area contributed by atoms with E-state index in [-0.39, 0.29) is 0 Å². The quantitative estimate of drug-likeness (QED) is 0.850. The zero-order valence-corrected chi connectivity index (χ0v) is 13.1. The summed E-state index contributed by atoms with van der Waals surface area (Å²) in [6.07, 6.45) is 4.45. The molecular formula is C15H20ClN5. The van der Waals surface area contributed by atoms with Crippen LogP contribution in [0, 0.1) is 0 Å². The highest BCUT2D eigenvalue weighted by Crippen LogP contribution is 2.24. The van der Waals surface area contributed by atoms with Crippen LogP contribution in [0.1, 0.15) is 26.0 Å². The van der Waals surface area contributed by atoms with Gasteiger partial charge in [0, 0.05) is 19.3 Å². The van der Waals surface area contributed by atoms with Crippen LogP contribution < -0.4 is 10.2 Å². The van der Waals surface area contributed by atoms with Crippen LogP contribution in [0.3, 0.4) is 0 Å². The lowest BCUT2D eigenvalue weighted by Crippen LogP contribution is -2.24. The van der Waals surface area contributed by atoms with Gasteiger partial charge in [-0.1, -0.05) is 24.6 Å². The molecule has 21 heavy (non-hydrogen) atoms.